The van der Waals surface area contributed by atoms with Crippen LogP contribution in [0, 0.1) is 0 Å². The number of aliphatic hydroxyl groups is 1. The minimum Gasteiger partial charge on any atom is -0.396 e. The van der Waals surface area contributed by atoms with Crippen LogP contribution in [-0.4, -0.2) is 47.2 Å². The smallest absolute Gasteiger partial charge is 0.237 e. The normalized spacial score (nSPS) is 29.0. The molecule has 1 heterocycles. The first-order chi connectivity index (χ1) is 7.06. The van der Waals surface area contributed by atoms with Gasteiger partial charge < -0.3 is 10.4 Å². The molecular formula is C11H22N2O2. The van der Waals surface area contributed by atoms with Gasteiger partial charge >= 0.3 is 0 Å². The van der Waals surface area contributed by atoms with Gasteiger partial charge in [-0.05, 0) is 33.6 Å². The van der Waals surface area contributed by atoms with E-state index in [2.05, 4.69) is 24.1 Å². The molecule has 1 saturated heterocycles. The molecule has 1 aliphatic heterocycles. The van der Waals surface area contributed by atoms with Crippen molar-refractivity contribution in [2.24, 2.45) is 0 Å². The van der Waals surface area contributed by atoms with E-state index < -0.39 is 0 Å². The summed E-state index contributed by atoms with van der Waals surface area (Å²) >= 11 is 0. The van der Waals surface area contributed by atoms with Crippen molar-refractivity contribution < 1.29 is 9.90 Å². The molecule has 2 atom stereocenters. The van der Waals surface area contributed by atoms with Crippen LogP contribution in [0.5, 0.6) is 0 Å². The van der Waals surface area contributed by atoms with E-state index in [0.717, 1.165) is 13.0 Å². The van der Waals surface area contributed by atoms with Crippen LogP contribution in [0.15, 0.2) is 0 Å². The lowest BCUT2D eigenvalue weighted by atomic mass is 10.1. The van der Waals surface area contributed by atoms with E-state index in [-0.39, 0.29) is 24.6 Å². The van der Waals surface area contributed by atoms with Gasteiger partial charge in [0.05, 0.1) is 6.04 Å². The Bertz CT molecular complexity index is 219. The zero-order chi connectivity index (χ0) is 11.4. The number of nitrogens with one attached hydrogen (secondary N) is 1. The Balaban J connectivity index is 2.76. The second kappa shape index (κ2) is 5.47. The maximum absolute atomic E-state index is 11.9. The van der Waals surface area contributed by atoms with Crippen molar-refractivity contribution in [3.8, 4) is 0 Å². The molecule has 0 spiro atoms. The Labute approximate surface area is 91.6 Å². The maximum atomic E-state index is 11.9. The van der Waals surface area contributed by atoms with Crippen LogP contribution in [0.3, 0.4) is 0 Å². The number of aliphatic hydroxyl groups excluding tert-OH is 1. The molecule has 4 heteroatoms. The van der Waals surface area contributed by atoms with Crippen LogP contribution >= 0.6 is 0 Å². The molecule has 1 aliphatic rings. The zero-order valence-corrected chi connectivity index (χ0v) is 9.86. The SMILES string of the molecule is CC1CCN(C(C)C)C(CCO)C(=O)N1. The molecule has 2 unspecified atom stereocenters. The van der Waals surface area contributed by atoms with Crippen molar-refractivity contribution in [1.82, 2.24) is 10.2 Å². The van der Waals surface area contributed by atoms with E-state index in [1.54, 1.807) is 0 Å². The molecule has 0 bridgehead atoms. The molecule has 4 nitrogen and oxygen atoms in total. The van der Waals surface area contributed by atoms with Crippen LogP contribution in [0.2, 0.25) is 0 Å². The first-order valence-electron chi connectivity index (χ1n) is 5.73. The fraction of sp³-hybridized carbons (Fsp3) is 0.909. The molecule has 0 aromatic heterocycles. The Morgan fingerprint density at radius 3 is 2.80 bits per heavy atom. The molecule has 15 heavy (non-hydrogen) atoms. The third kappa shape index (κ3) is 3.18. The highest BCUT2D eigenvalue weighted by Gasteiger charge is 2.30. The highest BCUT2D eigenvalue weighted by Crippen LogP contribution is 2.14. The number of nitrogens with zero attached hydrogens (tertiary/aromatic N) is 1. The molecule has 0 aromatic rings. The Morgan fingerprint density at radius 1 is 1.60 bits per heavy atom. The average molecular weight is 214 g/mol. The molecule has 88 valence electrons. The Morgan fingerprint density at radius 2 is 2.27 bits per heavy atom. The molecule has 1 rings (SSSR count). The van der Waals surface area contributed by atoms with Crippen LogP contribution in [0.4, 0.5) is 0 Å². The number of rotatable bonds is 3. The van der Waals surface area contributed by atoms with Crippen LogP contribution in [0.25, 0.3) is 0 Å². The van der Waals surface area contributed by atoms with E-state index in [4.69, 9.17) is 5.11 Å². The number of amides is 1. The number of carbonyl (C=O) groups is 1. The molecule has 0 aromatic carbocycles. The quantitative estimate of drug-likeness (QED) is 0.713. The van der Waals surface area contributed by atoms with Gasteiger partial charge in [0.15, 0.2) is 0 Å². The third-order valence-corrected chi connectivity index (χ3v) is 2.98. The van der Waals surface area contributed by atoms with Gasteiger partial charge in [0.2, 0.25) is 5.91 Å². The lowest BCUT2D eigenvalue weighted by Crippen LogP contribution is -2.48. The van der Waals surface area contributed by atoms with E-state index in [1.165, 1.54) is 0 Å². The second-order valence-electron chi connectivity index (χ2n) is 4.56. The van der Waals surface area contributed by atoms with Gasteiger partial charge in [-0.25, -0.2) is 0 Å². The summed E-state index contributed by atoms with van der Waals surface area (Å²) in [4.78, 5) is 14.0. The van der Waals surface area contributed by atoms with Gasteiger partial charge in [-0.1, -0.05) is 0 Å². The van der Waals surface area contributed by atoms with Gasteiger partial charge in [-0.3, -0.25) is 9.69 Å². The highest BCUT2D eigenvalue weighted by atomic mass is 16.3. The van der Waals surface area contributed by atoms with Gasteiger partial charge in [-0.15, -0.1) is 0 Å². The fourth-order valence-electron chi connectivity index (χ4n) is 2.10. The van der Waals surface area contributed by atoms with Gasteiger partial charge in [0, 0.05) is 25.2 Å². The summed E-state index contributed by atoms with van der Waals surface area (Å²) in [6.07, 6.45) is 1.50. The standard InChI is InChI=1S/C11H22N2O2/c1-8(2)13-6-4-9(3)12-11(15)10(13)5-7-14/h8-10,14H,4-7H2,1-3H3,(H,12,15). The molecule has 0 radical (unpaired) electrons. The maximum Gasteiger partial charge on any atom is 0.237 e. The lowest BCUT2D eigenvalue weighted by Gasteiger charge is -2.31. The zero-order valence-electron chi connectivity index (χ0n) is 9.86. The summed E-state index contributed by atoms with van der Waals surface area (Å²) in [5.41, 5.74) is 0. The summed E-state index contributed by atoms with van der Waals surface area (Å²) < 4.78 is 0. The number of hydrogen-bond donors (Lipinski definition) is 2. The Hall–Kier alpha value is -0.610. The van der Waals surface area contributed by atoms with Crippen LogP contribution in [-0.2, 0) is 4.79 Å². The van der Waals surface area contributed by atoms with Gasteiger partial charge in [0.1, 0.15) is 0 Å². The molecular weight excluding hydrogens is 192 g/mol. The fourth-order valence-corrected chi connectivity index (χ4v) is 2.10. The van der Waals surface area contributed by atoms with Crippen molar-refractivity contribution in [3.63, 3.8) is 0 Å². The lowest BCUT2D eigenvalue weighted by molar-refractivity contribution is -0.127. The van der Waals surface area contributed by atoms with Crippen molar-refractivity contribution in [3.05, 3.63) is 0 Å². The first kappa shape index (κ1) is 12.5. The summed E-state index contributed by atoms with van der Waals surface area (Å²) in [7, 11) is 0. The van der Waals surface area contributed by atoms with Crippen molar-refractivity contribution in [1.29, 1.82) is 0 Å². The third-order valence-electron chi connectivity index (χ3n) is 2.98. The summed E-state index contributed by atoms with van der Waals surface area (Å²) in [5.74, 6) is 0.0581. The first-order valence-corrected chi connectivity index (χ1v) is 5.73. The monoisotopic (exact) mass is 214 g/mol. The minimum absolute atomic E-state index is 0.0581. The predicted octanol–water partition coefficient (Wildman–Crippen LogP) is 0.356. The molecule has 1 amide bonds. The minimum atomic E-state index is -0.167. The van der Waals surface area contributed by atoms with Gasteiger partial charge in [0.25, 0.3) is 0 Å². The Kier molecular flexibility index (Phi) is 4.54. The number of hydrogen-bond acceptors (Lipinski definition) is 3. The second-order valence-corrected chi connectivity index (χ2v) is 4.56. The molecule has 2 N–H and O–H groups in total. The van der Waals surface area contributed by atoms with Crippen molar-refractivity contribution >= 4 is 5.91 Å². The van der Waals surface area contributed by atoms with E-state index in [1.807, 2.05) is 6.92 Å². The topological polar surface area (TPSA) is 52.6 Å². The van der Waals surface area contributed by atoms with Crippen LogP contribution in [0.1, 0.15) is 33.6 Å². The highest BCUT2D eigenvalue weighted by molar-refractivity contribution is 5.82. The number of carbonyl (C=O) groups excluding carboxylic acids is 1. The molecule has 1 fully saturated rings. The summed E-state index contributed by atoms with van der Waals surface area (Å²) in [6.45, 7) is 7.19. The predicted molar refractivity (Wildman–Crippen MR) is 59.6 cm³/mol. The van der Waals surface area contributed by atoms with Crippen LogP contribution < -0.4 is 5.32 Å². The van der Waals surface area contributed by atoms with E-state index in [0.29, 0.717) is 12.5 Å². The van der Waals surface area contributed by atoms with E-state index in [9.17, 15) is 4.79 Å². The summed E-state index contributed by atoms with van der Waals surface area (Å²) in [5, 5.41) is 12.0. The van der Waals surface area contributed by atoms with Gasteiger partial charge in [-0.2, -0.15) is 0 Å². The average Bonchev–Trinajstić information content (AvgIpc) is 2.27. The van der Waals surface area contributed by atoms with Crippen molar-refractivity contribution in [2.75, 3.05) is 13.2 Å². The molecule has 0 aliphatic carbocycles. The largest absolute Gasteiger partial charge is 0.396 e. The molecule has 0 saturated carbocycles. The van der Waals surface area contributed by atoms with E-state index >= 15 is 0 Å². The van der Waals surface area contributed by atoms with Crippen molar-refractivity contribution in [2.45, 2.75) is 51.7 Å². The summed E-state index contributed by atoms with van der Waals surface area (Å²) in [6, 6.07) is 0.417.